The minimum atomic E-state index is 0.524. The van der Waals surface area contributed by atoms with Gasteiger partial charge in [0.1, 0.15) is 0 Å². The Morgan fingerprint density at radius 1 is 1.50 bits per heavy atom. The molecule has 16 heavy (non-hydrogen) atoms. The van der Waals surface area contributed by atoms with Crippen LogP contribution in [0.5, 0.6) is 0 Å². The van der Waals surface area contributed by atoms with E-state index in [-0.39, 0.29) is 0 Å². The summed E-state index contributed by atoms with van der Waals surface area (Å²) >= 11 is 2.08. The van der Waals surface area contributed by atoms with Gasteiger partial charge in [-0.3, -0.25) is 4.90 Å². The van der Waals surface area contributed by atoms with Gasteiger partial charge in [-0.15, -0.1) is 0 Å². The van der Waals surface area contributed by atoms with Crippen LogP contribution in [-0.2, 0) is 4.74 Å². The fraction of sp³-hybridized carbons (Fsp3) is 1.00. The van der Waals surface area contributed by atoms with Crippen molar-refractivity contribution in [2.45, 2.75) is 38.1 Å². The van der Waals surface area contributed by atoms with Crippen LogP contribution in [0.2, 0.25) is 0 Å². The SMILES string of the molecule is COCC(CNC(C)C)N1CCSC(C)C1. The summed E-state index contributed by atoms with van der Waals surface area (Å²) in [5, 5.41) is 4.27. The van der Waals surface area contributed by atoms with Crippen LogP contribution in [0.3, 0.4) is 0 Å². The van der Waals surface area contributed by atoms with E-state index in [9.17, 15) is 0 Å². The highest BCUT2D eigenvalue weighted by molar-refractivity contribution is 7.99. The van der Waals surface area contributed by atoms with Crippen molar-refractivity contribution in [3.63, 3.8) is 0 Å². The number of hydrogen-bond acceptors (Lipinski definition) is 4. The Hall–Kier alpha value is 0.230. The van der Waals surface area contributed by atoms with E-state index in [1.807, 2.05) is 0 Å². The molecule has 0 aromatic rings. The molecule has 0 bridgehead atoms. The lowest BCUT2D eigenvalue weighted by atomic mass is 10.2. The quantitative estimate of drug-likeness (QED) is 0.766. The Bertz CT molecular complexity index is 190. The van der Waals surface area contributed by atoms with Crippen LogP contribution in [0, 0.1) is 0 Å². The molecule has 3 nitrogen and oxygen atoms in total. The van der Waals surface area contributed by atoms with Crippen molar-refractivity contribution >= 4 is 11.8 Å². The monoisotopic (exact) mass is 246 g/mol. The molecule has 1 rings (SSSR count). The highest BCUT2D eigenvalue weighted by Crippen LogP contribution is 2.19. The standard InChI is InChI=1S/C12H26N2OS/c1-10(2)13-7-12(9-15-4)14-5-6-16-11(3)8-14/h10-13H,5-9H2,1-4H3. The highest BCUT2D eigenvalue weighted by Gasteiger charge is 2.23. The number of hydrogen-bond donors (Lipinski definition) is 1. The number of rotatable bonds is 6. The summed E-state index contributed by atoms with van der Waals surface area (Å²) in [6.45, 7) is 11.0. The van der Waals surface area contributed by atoms with Gasteiger partial charge in [0.05, 0.1) is 6.61 Å². The molecule has 2 unspecified atom stereocenters. The van der Waals surface area contributed by atoms with Gasteiger partial charge in [0.15, 0.2) is 0 Å². The van der Waals surface area contributed by atoms with Crippen LogP contribution >= 0.6 is 11.8 Å². The Balaban J connectivity index is 2.40. The van der Waals surface area contributed by atoms with E-state index in [0.29, 0.717) is 12.1 Å². The second kappa shape index (κ2) is 7.54. The summed E-state index contributed by atoms with van der Waals surface area (Å²) < 4.78 is 5.34. The molecule has 1 N–H and O–H groups in total. The van der Waals surface area contributed by atoms with Crippen LogP contribution in [0.4, 0.5) is 0 Å². The zero-order valence-electron chi connectivity index (χ0n) is 11.0. The van der Waals surface area contributed by atoms with Gasteiger partial charge < -0.3 is 10.1 Å². The predicted octanol–water partition coefficient (Wildman–Crippen LogP) is 1.44. The molecule has 0 amide bonds. The lowest BCUT2D eigenvalue weighted by molar-refractivity contribution is 0.0908. The molecule has 1 saturated heterocycles. The first-order valence-electron chi connectivity index (χ1n) is 6.21. The van der Waals surface area contributed by atoms with E-state index in [1.165, 1.54) is 18.8 Å². The zero-order valence-corrected chi connectivity index (χ0v) is 11.8. The number of ether oxygens (including phenoxy) is 1. The molecular weight excluding hydrogens is 220 g/mol. The van der Waals surface area contributed by atoms with Crippen LogP contribution in [0.25, 0.3) is 0 Å². The predicted molar refractivity (Wildman–Crippen MR) is 72.3 cm³/mol. The van der Waals surface area contributed by atoms with E-state index < -0.39 is 0 Å². The van der Waals surface area contributed by atoms with Crippen molar-refractivity contribution in [1.29, 1.82) is 0 Å². The summed E-state index contributed by atoms with van der Waals surface area (Å²) in [4.78, 5) is 2.57. The maximum atomic E-state index is 5.34. The molecule has 1 aliphatic rings. The van der Waals surface area contributed by atoms with Gasteiger partial charge in [-0.1, -0.05) is 20.8 Å². The number of thioether (sulfide) groups is 1. The molecule has 1 heterocycles. The summed E-state index contributed by atoms with van der Waals surface area (Å²) in [5.41, 5.74) is 0. The van der Waals surface area contributed by atoms with Crippen molar-refractivity contribution in [2.24, 2.45) is 0 Å². The van der Waals surface area contributed by atoms with E-state index in [2.05, 4.69) is 42.7 Å². The van der Waals surface area contributed by atoms with Crippen molar-refractivity contribution in [1.82, 2.24) is 10.2 Å². The normalized spacial score (nSPS) is 24.9. The maximum absolute atomic E-state index is 5.34. The smallest absolute Gasteiger partial charge is 0.0630 e. The first-order valence-corrected chi connectivity index (χ1v) is 7.26. The van der Waals surface area contributed by atoms with Crippen LogP contribution in [0.1, 0.15) is 20.8 Å². The Morgan fingerprint density at radius 3 is 2.81 bits per heavy atom. The van der Waals surface area contributed by atoms with Crippen molar-refractivity contribution in [2.75, 3.05) is 39.1 Å². The fourth-order valence-electron chi connectivity index (χ4n) is 2.03. The minimum absolute atomic E-state index is 0.524. The van der Waals surface area contributed by atoms with Crippen LogP contribution < -0.4 is 5.32 Å². The molecular formula is C12H26N2OS. The van der Waals surface area contributed by atoms with E-state index in [4.69, 9.17) is 4.74 Å². The third-order valence-corrected chi connectivity index (χ3v) is 4.05. The summed E-state index contributed by atoms with van der Waals surface area (Å²) in [7, 11) is 1.80. The van der Waals surface area contributed by atoms with Gasteiger partial charge >= 0.3 is 0 Å². The Morgan fingerprint density at radius 2 is 2.25 bits per heavy atom. The molecule has 0 aliphatic carbocycles. The maximum Gasteiger partial charge on any atom is 0.0630 e. The third kappa shape index (κ3) is 5.04. The largest absolute Gasteiger partial charge is 0.383 e. The first kappa shape index (κ1) is 14.3. The third-order valence-electron chi connectivity index (χ3n) is 2.91. The van der Waals surface area contributed by atoms with Crippen molar-refractivity contribution in [3.05, 3.63) is 0 Å². The molecule has 1 aliphatic heterocycles. The summed E-state index contributed by atoms with van der Waals surface area (Å²) in [6, 6.07) is 1.08. The van der Waals surface area contributed by atoms with Gasteiger partial charge in [0.25, 0.3) is 0 Å². The molecule has 2 atom stereocenters. The van der Waals surface area contributed by atoms with Gasteiger partial charge in [-0.25, -0.2) is 0 Å². The first-order chi connectivity index (χ1) is 7.63. The summed E-state index contributed by atoms with van der Waals surface area (Å²) in [6.07, 6.45) is 0. The van der Waals surface area contributed by atoms with Gasteiger partial charge in [0, 0.05) is 49.8 Å². The molecule has 1 fully saturated rings. The molecule has 0 radical (unpaired) electrons. The number of nitrogens with one attached hydrogen (secondary N) is 1. The zero-order chi connectivity index (χ0) is 12.0. The Kier molecular flexibility index (Phi) is 6.73. The fourth-order valence-corrected chi connectivity index (χ4v) is 3.07. The van der Waals surface area contributed by atoms with Crippen molar-refractivity contribution < 1.29 is 4.74 Å². The van der Waals surface area contributed by atoms with Gasteiger partial charge in [-0.05, 0) is 0 Å². The van der Waals surface area contributed by atoms with Gasteiger partial charge in [0.2, 0.25) is 0 Å². The molecule has 4 heteroatoms. The molecule has 0 aromatic carbocycles. The lowest BCUT2D eigenvalue weighted by Gasteiger charge is -2.37. The Labute approximate surface area is 104 Å². The average Bonchev–Trinajstić information content (AvgIpc) is 2.24. The molecule has 96 valence electrons. The van der Waals surface area contributed by atoms with Crippen LogP contribution in [-0.4, -0.2) is 61.3 Å². The lowest BCUT2D eigenvalue weighted by Crippen LogP contribution is -2.51. The highest BCUT2D eigenvalue weighted by atomic mass is 32.2. The second-order valence-corrected chi connectivity index (χ2v) is 6.39. The topological polar surface area (TPSA) is 24.5 Å². The van der Waals surface area contributed by atoms with E-state index in [1.54, 1.807) is 7.11 Å². The van der Waals surface area contributed by atoms with Crippen LogP contribution in [0.15, 0.2) is 0 Å². The minimum Gasteiger partial charge on any atom is -0.383 e. The number of methoxy groups -OCH3 is 1. The molecule has 0 spiro atoms. The van der Waals surface area contributed by atoms with E-state index in [0.717, 1.165) is 18.4 Å². The van der Waals surface area contributed by atoms with Crippen molar-refractivity contribution in [3.8, 4) is 0 Å². The van der Waals surface area contributed by atoms with Gasteiger partial charge in [-0.2, -0.15) is 11.8 Å². The molecule has 0 aromatic heterocycles. The summed E-state index contributed by atoms with van der Waals surface area (Å²) in [5.74, 6) is 1.25. The second-order valence-electron chi connectivity index (χ2n) is 4.85. The van der Waals surface area contributed by atoms with E-state index >= 15 is 0 Å². The molecule has 0 saturated carbocycles. The number of nitrogens with zero attached hydrogens (tertiary/aromatic N) is 1. The average molecular weight is 246 g/mol.